The first-order chi connectivity index (χ1) is 6.66. The van der Waals surface area contributed by atoms with Crippen LogP contribution in [0.4, 0.5) is 11.9 Å². The van der Waals surface area contributed by atoms with Crippen molar-refractivity contribution < 1.29 is 0 Å². The van der Waals surface area contributed by atoms with Gasteiger partial charge in [-0.15, -0.1) is 5.10 Å². The summed E-state index contributed by atoms with van der Waals surface area (Å²) in [6.45, 7) is 0. The summed E-state index contributed by atoms with van der Waals surface area (Å²) in [6, 6.07) is 7.06. The lowest BCUT2D eigenvalue weighted by molar-refractivity contribution is 0.896. The van der Waals surface area contributed by atoms with E-state index in [1.807, 2.05) is 0 Å². The molecule has 0 aliphatic carbocycles. The molecule has 14 heavy (non-hydrogen) atoms. The SMILES string of the molecule is Nc1nc(N)n(-c2ccc(Cl)cc2)n1. The van der Waals surface area contributed by atoms with Crippen LogP contribution in [0.3, 0.4) is 0 Å². The third kappa shape index (κ3) is 1.49. The molecule has 0 aliphatic rings. The van der Waals surface area contributed by atoms with Crippen molar-refractivity contribution in [1.29, 1.82) is 0 Å². The molecule has 0 amide bonds. The first-order valence-corrected chi connectivity index (χ1v) is 4.28. The number of benzene rings is 1. The highest BCUT2D eigenvalue weighted by atomic mass is 35.5. The van der Waals surface area contributed by atoms with E-state index in [0.717, 1.165) is 5.69 Å². The first-order valence-electron chi connectivity index (χ1n) is 3.91. The summed E-state index contributed by atoms with van der Waals surface area (Å²) in [6.07, 6.45) is 0. The molecule has 0 fully saturated rings. The van der Waals surface area contributed by atoms with Crippen molar-refractivity contribution in [3.63, 3.8) is 0 Å². The second-order valence-corrected chi connectivity index (χ2v) is 3.15. The number of hydrogen-bond acceptors (Lipinski definition) is 4. The third-order valence-electron chi connectivity index (χ3n) is 1.72. The molecular formula is C8H8ClN5. The van der Waals surface area contributed by atoms with E-state index in [4.69, 9.17) is 23.1 Å². The number of halogens is 1. The van der Waals surface area contributed by atoms with Crippen LogP contribution in [0, 0.1) is 0 Å². The van der Waals surface area contributed by atoms with Crippen LogP contribution >= 0.6 is 11.6 Å². The summed E-state index contributed by atoms with van der Waals surface area (Å²) < 4.78 is 1.45. The van der Waals surface area contributed by atoms with Crippen LogP contribution in [-0.4, -0.2) is 14.8 Å². The Morgan fingerprint density at radius 1 is 1.14 bits per heavy atom. The quantitative estimate of drug-likeness (QED) is 0.737. The molecule has 0 spiro atoms. The molecule has 0 radical (unpaired) electrons. The summed E-state index contributed by atoms with van der Waals surface area (Å²) in [5.41, 5.74) is 11.8. The molecule has 2 rings (SSSR count). The van der Waals surface area contributed by atoms with Crippen molar-refractivity contribution >= 4 is 23.5 Å². The second kappa shape index (κ2) is 3.19. The zero-order chi connectivity index (χ0) is 10.1. The van der Waals surface area contributed by atoms with Crippen molar-refractivity contribution in [1.82, 2.24) is 14.8 Å². The van der Waals surface area contributed by atoms with Gasteiger partial charge in [-0.25, -0.2) is 0 Å². The van der Waals surface area contributed by atoms with Crippen molar-refractivity contribution in [2.24, 2.45) is 0 Å². The van der Waals surface area contributed by atoms with Gasteiger partial charge in [-0.2, -0.15) is 9.67 Å². The molecule has 0 aliphatic heterocycles. The maximum absolute atomic E-state index is 5.74. The molecule has 0 saturated carbocycles. The number of aromatic nitrogens is 3. The minimum atomic E-state index is 0.150. The Morgan fingerprint density at radius 2 is 1.79 bits per heavy atom. The van der Waals surface area contributed by atoms with E-state index in [1.54, 1.807) is 24.3 Å². The lowest BCUT2D eigenvalue weighted by Gasteiger charge is -2.01. The topological polar surface area (TPSA) is 82.7 Å². The first kappa shape index (κ1) is 8.83. The van der Waals surface area contributed by atoms with Crippen LogP contribution in [0.1, 0.15) is 0 Å². The zero-order valence-electron chi connectivity index (χ0n) is 7.18. The van der Waals surface area contributed by atoms with Gasteiger partial charge in [-0.1, -0.05) is 11.6 Å². The summed E-state index contributed by atoms with van der Waals surface area (Å²) in [7, 11) is 0. The van der Waals surface area contributed by atoms with Gasteiger partial charge in [0, 0.05) is 5.02 Å². The number of anilines is 2. The number of nitrogens with zero attached hydrogens (tertiary/aromatic N) is 3. The van der Waals surface area contributed by atoms with Gasteiger partial charge >= 0.3 is 0 Å². The number of hydrogen-bond donors (Lipinski definition) is 2. The Morgan fingerprint density at radius 3 is 2.29 bits per heavy atom. The fourth-order valence-electron chi connectivity index (χ4n) is 1.11. The van der Waals surface area contributed by atoms with E-state index in [0.29, 0.717) is 5.02 Å². The molecular weight excluding hydrogens is 202 g/mol. The molecule has 0 atom stereocenters. The highest BCUT2D eigenvalue weighted by Crippen LogP contribution is 2.15. The zero-order valence-corrected chi connectivity index (χ0v) is 7.94. The Balaban J connectivity index is 2.49. The van der Waals surface area contributed by atoms with Gasteiger partial charge in [-0.05, 0) is 24.3 Å². The van der Waals surface area contributed by atoms with Gasteiger partial charge in [0.25, 0.3) is 0 Å². The maximum Gasteiger partial charge on any atom is 0.241 e. The second-order valence-electron chi connectivity index (χ2n) is 2.72. The van der Waals surface area contributed by atoms with Crippen LogP contribution < -0.4 is 11.5 Å². The monoisotopic (exact) mass is 209 g/mol. The van der Waals surface area contributed by atoms with Crippen LogP contribution in [0.5, 0.6) is 0 Å². The van der Waals surface area contributed by atoms with Gasteiger partial charge in [0.1, 0.15) is 0 Å². The molecule has 1 aromatic heterocycles. The minimum Gasteiger partial charge on any atom is -0.368 e. The molecule has 4 N–H and O–H groups in total. The molecule has 72 valence electrons. The Bertz CT molecular complexity index is 447. The van der Waals surface area contributed by atoms with Crippen LogP contribution in [-0.2, 0) is 0 Å². The Kier molecular flexibility index (Phi) is 2.01. The van der Waals surface area contributed by atoms with Crippen molar-refractivity contribution in [2.75, 3.05) is 11.5 Å². The molecule has 2 aromatic rings. The standard InChI is InChI=1S/C8H8ClN5/c9-5-1-3-6(4-2-5)14-8(11)12-7(10)13-14/h1-4H,(H4,10,11,12,13). The van der Waals surface area contributed by atoms with Gasteiger partial charge in [0.05, 0.1) is 5.69 Å². The Hall–Kier alpha value is -1.75. The molecule has 5 nitrogen and oxygen atoms in total. The summed E-state index contributed by atoms with van der Waals surface area (Å²) >= 11 is 5.74. The number of nitrogen functional groups attached to an aromatic ring is 2. The van der Waals surface area contributed by atoms with E-state index in [2.05, 4.69) is 10.1 Å². The van der Waals surface area contributed by atoms with E-state index in [1.165, 1.54) is 4.68 Å². The van der Waals surface area contributed by atoms with Crippen LogP contribution in [0.15, 0.2) is 24.3 Å². The van der Waals surface area contributed by atoms with Gasteiger partial charge in [0.2, 0.25) is 11.9 Å². The van der Waals surface area contributed by atoms with Crippen molar-refractivity contribution in [3.05, 3.63) is 29.3 Å². The van der Waals surface area contributed by atoms with E-state index in [-0.39, 0.29) is 11.9 Å². The minimum absolute atomic E-state index is 0.150. The molecule has 0 saturated heterocycles. The van der Waals surface area contributed by atoms with E-state index in [9.17, 15) is 0 Å². The Labute approximate surface area is 85.3 Å². The van der Waals surface area contributed by atoms with Gasteiger partial charge in [-0.3, -0.25) is 0 Å². The average Bonchev–Trinajstić information content (AvgIpc) is 2.47. The van der Waals surface area contributed by atoms with Crippen molar-refractivity contribution in [2.45, 2.75) is 0 Å². The van der Waals surface area contributed by atoms with Crippen LogP contribution in [0.25, 0.3) is 5.69 Å². The predicted octanol–water partition coefficient (Wildman–Crippen LogP) is 1.09. The molecule has 0 unspecified atom stereocenters. The molecule has 6 heteroatoms. The average molecular weight is 210 g/mol. The van der Waals surface area contributed by atoms with E-state index >= 15 is 0 Å². The fourth-order valence-corrected chi connectivity index (χ4v) is 1.24. The fraction of sp³-hybridized carbons (Fsp3) is 0. The van der Waals surface area contributed by atoms with Crippen LogP contribution in [0.2, 0.25) is 5.02 Å². The highest BCUT2D eigenvalue weighted by molar-refractivity contribution is 6.30. The highest BCUT2D eigenvalue weighted by Gasteiger charge is 2.05. The maximum atomic E-state index is 5.74. The lowest BCUT2D eigenvalue weighted by Crippen LogP contribution is -2.02. The molecule has 1 heterocycles. The number of nitrogens with two attached hydrogens (primary N) is 2. The summed E-state index contributed by atoms with van der Waals surface area (Å²) in [5, 5.41) is 4.58. The third-order valence-corrected chi connectivity index (χ3v) is 1.97. The lowest BCUT2D eigenvalue weighted by atomic mass is 10.3. The van der Waals surface area contributed by atoms with E-state index < -0.39 is 0 Å². The predicted molar refractivity (Wildman–Crippen MR) is 55.2 cm³/mol. The smallest absolute Gasteiger partial charge is 0.241 e. The van der Waals surface area contributed by atoms with Gasteiger partial charge < -0.3 is 11.5 Å². The summed E-state index contributed by atoms with van der Waals surface area (Å²) in [4.78, 5) is 3.78. The molecule has 0 bridgehead atoms. The van der Waals surface area contributed by atoms with Crippen molar-refractivity contribution in [3.8, 4) is 5.69 Å². The summed E-state index contributed by atoms with van der Waals surface area (Å²) in [5.74, 6) is 0.405. The normalized spacial score (nSPS) is 10.4. The molecule has 1 aromatic carbocycles. The largest absolute Gasteiger partial charge is 0.368 e. The number of rotatable bonds is 1. The van der Waals surface area contributed by atoms with Gasteiger partial charge in [0.15, 0.2) is 0 Å².